The summed E-state index contributed by atoms with van der Waals surface area (Å²) in [5.74, 6) is -0.276. The lowest BCUT2D eigenvalue weighted by atomic mass is 10.0. The summed E-state index contributed by atoms with van der Waals surface area (Å²) in [6.45, 7) is 2.97. The second-order valence-corrected chi connectivity index (χ2v) is 8.87. The van der Waals surface area contributed by atoms with Crippen molar-refractivity contribution in [2.24, 2.45) is 0 Å². The van der Waals surface area contributed by atoms with Crippen LogP contribution in [0.5, 0.6) is 5.75 Å². The van der Waals surface area contributed by atoms with E-state index in [1.165, 1.54) is 34.2 Å². The van der Waals surface area contributed by atoms with Crippen molar-refractivity contribution in [3.8, 4) is 5.75 Å². The molecule has 2 atom stereocenters. The third-order valence-electron chi connectivity index (χ3n) is 4.79. The Morgan fingerprint density at radius 3 is 2.56 bits per heavy atom. The van der Waals surface area contributed by atoms with E-state index in [1.54, 1.807) is 0 Å². The van der Waals surface area contributed by atoms with Crippen LogP contribution in [0.3, 0.4) is 0 Å². The molecule has 3 rings (SSSR count). The molecule has 2 saturated heterocycles. The molecule has 2 bridgehead atoms. The van der Waals surface area contributed by atoms with Crippen LogP contribution in [0.4, 0.5) is 4.79 Å². The van der Waals surface area contributed by atoms with Crippen molar-refractivity contribution in [3.63, 3.8) is 0 Å². The fraction of sp³-hybridized carbons (Fsp3) is 0.556. The molecule has 8 nitrogen and oxygen atoms in total. The zero-order valence-electron chi connectivity index (χ0n) is 15.5. The molecule has 2 amide bonds. The highest BCUT2D eigenvalue weighted by molar-refractivity contribution is 7.90. The van der Waals surface area contributed by atoms with Gasteiger partial charge >= 0.3 is 12.0 Å². The zero-order valence-corrected chi connectivity index (χ0v) is 16.3. The van der Waals surface area contributed by atoms with Gasteiger partial charge in [0.05, 0.1) is 17.5 Å². The number of hydrogen-bond donors (Lipinski definition) is 0. The largest absolute Gasteiger partial charge is 0.425 e. The number of ether oxygens (including phenoxy) is 1. The summed E-state index contributed by atoms with van der Waals surface area (Å²) in [5.41, 5.74) is 0. The minimum atomic E-state index is -3.31. The lowest BCUT2D eigenvalue weighted by Gasteiger charge is -2.28. The second-order valence-electron chi connectivity index (χ2n) is 6.86. The van der Waals surface area contributed by atoms with Crippen LogP contribution < -0.4 is 4.74 Å². The Labute approximate surface area is 158 Å². The zero-order chi connectivity index (χ0) is 19.6. The van der Waals surface area contributed by atoms with Crippen molar-refractivity contribution in [3.05, 3.63) is 24.3 Å². The van der Waals surface area contributed by atoms with Gasteiger partial charge in [0.2, 0.25) is 0 Å². The maximum Gasteiger partial charge on any atom is 0.345 e. The van der Waals surface area contributed by atoms with E-state index in [-0.39, 0.29) is 22.7 Å². The Morgan fingerprint density at radius 1 is 1.22 bits per heavy atom. The molecule has 27 heavy (non-hydrogen) atoms. The molecular formula is C18H24N2O6S. The molecule has 9 heteroatoms. The molecule has 0 saturated carbocycles. The van der Waals surface area contributed by atoms with Crippen LogP contribution >= 0.6 is 0 Å². The van der Waals surface area contributed by atoms with Crippen LogP contribution in [-0.4, -0.2) is 61.9 Å². The maximum absolute atomic E-state index is 12.6. The average Bonchev–Trinajstić information content (AvgIpc) is 2.86. The molecule has 0 N–H and O–H groups in total. The number of hydroxylamine groups is 2. The van der Waals surface area contributed by atoms with Gasteiger partial charge in [-0.15, -0.1) is 0 Å². The number of nitrogens with zero attached hydrogens (tertiary/aromatic N) is 2. The van der Waals surface area contributed by atoms with Gasteiger partial charge in [-0.2, -0.15) is 5.06 Å². The fourth-order valence-electron chi connectivity index (χ4n) is 3.29. The fourth-order valence-corrected chi connectivity index (χ4v) is 3.92. The maximum atomic E-state index is 12.6. The number of urea groups is 1. The van der Waals surface area contributed by atoms with Crippen LogP contribution in [0.15, 0.2) is 29.2 Å². The summed E-state index contributed by atoms with van der Waals surface area (Å²) in [4.78, 5) is 32.3. The van der Waals surface area contributed by atoms with Crippen molar-refractivity contribution in [1.82, 2.24) is 9.96 Å². The SMILES string of the molecule is CCCCON1C(=O)N2C[C@H]1CC[C@H]2C(=O)Oc1ccc(S(C)(=O)=O)cc1. The summed E-state index contributed by atoms with van der Waals surface area (Å²) >= 11 is 0. The van der Waals surface area contributed by atoms with E-state index in [0.717, 1.165) is 19.1 Å². The Balaban J connectivity index is 1.63. The highest BCUT2D eigenvalue weighted by atomic mass is 32.2. The number of esters is 1. The van der Waals surface area contributed by atoms with Gasteiger partial charge in [-0.05, 0) is 43.5 Å². The summed E-state index contributed by atoms with van der Waals surface area (Å²) < 4.78 is 28.4. The van der Waals surface area contributed by atoms with E-state index in [2.05, 4.69) is 0 Å². The Kier molecular flexibility index (Phi) is 5.71. The van der Waals surface area contributed by atoms with E-state index >= 15 is 0 Å². The van der Waals surface area contributed by atoms with Gasteiger partial charge in [0.1, 0.15) is 11.8 Å². The Hall–Kier alpha value is -2.13. The number of fused-ring (bicyclic) bond motifs is 2. The van der Waals surface area contributed by atoms with Crippen LogP contribution in [-0.2, 0) is 19.5 Å². The topological polar surface area (TPSA) is 93.2 Å². The number of benzene rings is 1. The molecule has 1 aromatic rings. The normalized spacial score (nSPS) is 22.2. The number of carbonyl (C=O) groups is 2. The smallest absolute Gasteiger partial charge is 0.345 e. The second kappa shape index (κ2) is 7.85. The molecule has 148 valence electrons. The number of sulfone groups is 1. The third kappa shape index (κ3) is 4.24. The number of rotatable bonds is 7. The first-order chi connectivity index (χ1) is 12.8. The van der Waals surface area contributed by atoms with Crippen molar-refractivity contribution in [1.29, 1.82) is 0 Å². The summed E-state index contributed by atoms with van der Waals surface area (Å²) in [6.07, 6.45) is 4.13. The first kappa shape index (κ1) is 19.6. The quantitative estimate of drug-likeness (QED) is 0.398. The molecule has 1 aromatic carbocycles. The number of hydrogen-bond acceptors (Lipinski definition) is 6. The molecule has 0 aromatic heterocycles. The third-order valence-corrected chi connectivity index (χ3v) is 5.92. The van der Waals surface area contributed by atoms with Crippen molar-refractivity contribution >= 4 is 21.8 Å². The van der Waals surface area contributed by atoms with Crippen molar-refractivity contribution in [2.45, 2.75) is 49.6 Å². The van der Waals surface area contributed by atoms with Crippen molar-refractivity contribution < 1.29 is 27.6 Å². The van der Waals surface area contributed by atoms with E-state index in [1.807, 2.05) is 6.92 Å². The van der Waals surface area contributed by atoms with Crippen LogP contribution in [0, 0.1) is 0 Å². The molecule has 2 aliphatic rings. The summed E-state index contributed by atoms with van der Waals surface area (Å²) in [5, 5.41) is 1.39. The molecule has 2 fully saturated rings. The minimum Gasteiger partial charge on any atom is -0.425 e. The standard InChI is InChI=1S/C18H24N2O6S/c1-3-4-11-25-20-13-5-10-16(19(12-13)18(20)22)17(21)26-14-6-8-15(9-7-14)27(2,23)24/h6-9,13,16H,3-5,10-12H2,1-2H3/t13-,16+/m1/s1. The predicted octanol–water partition coefficient (Wildman–Crippen LogP) is 2.00. The average molecular weight is 396 g/mol. The van der Waals surface area contributed by atoms with Gasteiger partial charge in [0.25, 0.3) is 0 Å². The van der Waals surface area contributed by atoms with Gasteiger partial charge < -0.3 is 9.64 Å². The van der Waals surface area contributed by atoms with Gasteiger partial charge in [-0.1, -0.05) is 13.3 Å². The van der Waals surface area contributed by atoms with E-state index in [4.69, 9.17) is 9.57 Å². The monoisotopic (exact) mass is 396 g/mol. The summed E-state index contributed by atoms with van der Waals surface area (Å²) in [6, 6.07) is 4.65. The molecule has 0 spiro atoms. The van der Waals surface area contributed by atoms with E-state index in [0.29, 0.717) is 26.0 Å². The van der Waals surface area contributed by atoms with Crippen LogP contribution in [0.25, 0.3) is 0 Å². The van der Waals surface area contributed by atoms with Crippen molar-refractivity contribution in [2.75, 3.05) is 19.4 Å². The highest BCUT2D eigenvalue weighted by Gasteiger charge is 2.48. The van der Waals surface area contributed by atoms with Gasteiger partial charge in [-0.3, -0.25) is 4.84 Å². The van der Waals surface area contributed by atoms with Crippen LogP contribution in [0.2, 0.25) is 0 Å². The molecule has 0 unspecified atom stereocenters. The predicted molar refractivity (Wildman–Crippen MR) is 96.8 cm³/mol. The van der Waals surface area contributed by atoms with Crippen LogP contribution in [0.1, 0.15) is 32.6 Å². The van der Waals surface area contributed by atoms with Gasteiger partial charge in [0, 0.05) is 12.8 Å². The Bertz CT molecular complexity index is 808. The number of amides is 2. The molecule has 2 aliphatic heterocycles. The molecule has 0 radical (unpaired) electrons. The minimum absolute atomic E-state index is 0.0348. The van der Waals surface area contributed by atoms with Gasteiger partial charge in [0.15, 0.2) is 9.84 Å². The van der Waals surface area contributed by atoms with E-state index in [9.17, 15) is 18.0 Å². The first-order valence-electron chi connectivity index (χ1n) is 9.06. The first-order valence-corrected chi connectivity index (χ1v) is 10.9. The number of piperidine rings is 1. The molecular weight excluding hydrogens is 372 g/mol. The molecule has 2 heterocycles. The van der Waals surface area contributed by atoms with E-state index < -0.39 is 21.8 Å². The molecule has 0 aliphatic carbocycles. The number of carbonyl (C=O) groups excluding carboxylic acids is 2. The van der Waals surface area contributed by atoms with Gasteiger partial charge in [-0.25, -0.2) is 18.0 Å². The lowest BCUT2D eigenvalue weighted by Crippen LogP contribution is -2.46. The Morgan fingerprint density at radius 2 is 1.93 bits per heavy atom. The number of unbranched alkanes of at least 4 members (excludes halogenated alkanes) is 1. The highest BCUT2D eigenvalue weighted by Crippen LogP contribution is 2.31. The lowest BCUT2D eigenvalue weighted by molar-refractivity contribution is -0.140. The summed E-state index contributed by atoms with van der Waals surface area (Å²) in [7, 11) is -3.31.